The van der Waals surface area contributed by atoms with Gasteiger partial charge in [0.25, 0.3) is 0 Å². The molecule has 34 heavy (non-hydrogen) atoms. The van der Waals surface area contributed by atoms with Crippen molar-refractivity contribution in [1.82, 2.24) is 5.32 Å². The highest BCUT2D eigenvalue weighted by molar-refractivity contribution is 5.13. The summed E-state index contributed by atoms with van der Waals surface area (Å²) in [5, 5.41) is 14.7. The van der Waals surface area contributed by atoms with Gasteiger partial charge >= 0.3 is 0 Å². The molecule has 0 saturated heterocycles. The van der Waals surface area contributed by atoms with E-state index in [2.05, 4.69) is 39.9 Å². The van der Waals surface area contributed by atoms with Crippen LogP contribution in [0, 0.1) is 52.3 Å². The van der Waals surface area contributed by atoms with Crippen LogP contribution >= 0.6 is 0 Å². The lowest BCUT2D eigenvalue weighted by Gasteiger charge is -2.63. The lowest BCUT2D eigenvalue weighted by Crippen LogP contribution is -2.61. The van der Waals surface area contributed by atoms with Crippen LogP contribution < -0.4 is 11.1 Å². The molecule has 0 aliphatic heterocycles. The number of rotatable bonds is 10. The highest BCUT2D eigenvalue weighted by atomic mass is 16.3. The van der Waals surface area contributed by atoms with E-state index in [-0.39, 0.29) is 6.10 Å². The topological polar surface area (TPSA) is 58.3 Å². The standard InChI is InChI=1S/C31H58N2O/c1-21(2)9-8-10-22(3)25-11-12-26-29-27(14-16-31(25,26)5)30(4)15-13-24(34)19-23(30)20-28(29)33-18-7-6-17-32/h21-29,33-34H,6-20,32H2,1-5H3/t22-,23-,24+,25-,26?,27?,28+,29?,30+,31-/m1/s1. The lowest BCUT2D eigenvalue weighted by molar-refractivity contribution is -0.142. The Hall–Kier alpha value is -0.120. The van der Waals surface area contributed by atoms with Crippen LogP contribution in [-0.2, 0) is 0 Å². The monoisotopic (exact) mass is 474 g/mol. The summed E-state index contributed by atoms with van der Waals surface area (Å²) in [6.07, 6.45) is 16.9. The van der Waals surface area contributed by atoms with Gasteiger partial charge in [0.2, 0.25) is 0 Å². The van der Waals surface area contributed by atoms with Gasteiger partial charge in [-0.25, -0.2) is 0 Å². The van der Waals surface area contributed by atoms with Crippen molar-refractivity contribution in [2.75, 3.05) is 13.1 Å². The molecule has 0 aromatic heterocycles. The van der Waals surface area contributed by atoms with Crippen molar-refractivity contribution in [3.8, 4) is 0 Å². The first-order valence-electron chi connectivity index (χ1n) is 15.3. The van der Waals surface area contributed by atoms with Gasteiger partial charge in [0.1, 0.15) is 0 Å². The van der Waals surface area contributed by atoms with E-state index < -0.39 is 0 Å². The fraction of sp³-hybridized carbons (Fsp3) is 1.00. The van der Waals surface area contributed by atoms with Crippen LogP contribution in [0.15, 0.2) is 0 Å². The van der Waals surface area contributed by atoms with E-state index in [1.807, 2.05) is 0 Å². The Kier molecular flexibility index (Phi) is 8.79. The van der Waals surface area contributed by atoms with Gasteiger partial charge in [-0.2, -0.15) is 0 Å². The largest absolute Gasteiger partial charge is 0.393 e. The van der Waals surface area contributed by atoms with Gasteiger partial charge in [0, 0.05) is 6.04 Å². The Balaban J connectivity index is 1.53. The Morgan fingerprint density at radius 2 is 1.62 bits per heavy atom. The van der Waals surface area contributed by atoms with Crippen LogP contribution in [0.1, 0.15) is 118 Å². The van der Waals surface area contributed by atoms with E-state index in [0.29, 0.717) is 22.8 Å². The normalized spacial score (nSPS) is 45.0. The average Bonchev–Trinajstić information content (AvgIpc) is 3.14. The van der Waals surface area contributed by atoms with Gasteiger partial charge in [0.05, 0.1) is 6.10 Å². The van der Waals surface area contributed by atoms with Gasteiger partial charge in [-0.1, -0.05) is 53.9 Å². The smallest absolute Gasteiger partial charge is 0.0543 e. The zero-order valence-corrected chi connectivity index (χ0v) is 23.3. The maximum absolute atomic E-state index is 10.5. The highest BCUT2D eigenvalue weighted by Crippen LogP contribution is 2.68. The Labute approximate surface area is 211 Å². The Morgan fingerprint density at radius 3 is 2.35 bits per heavy atom. The third-order valence-electron chi connectivity index (χ3n) is 11.9. The number of hydrogen-bond acceptors (Lipinski definition) is 3. The molecule has 3 nitrogen and oxygen atoms in total. The third-order valence-corrected chi connectivity index (χ3v) is 11.9. The maximum atomic E-state index is 10.5. The summed E-state index contributed by atoms with van der Waals surface area (Å²) in [7, 11) is 0. The molecule has 0 heterocycles. The molecule has 4 rings (SSSR count). The predicted molar refractivity (Wildman–Crippen MR) is 145 cm³/mol. The molecule has 10 atom stereocenters. The van der Waals surface area contributed by atoms with Gasteiger partial charge < -0.3 is 16.2 Å². The van der Waals surface area contributed by atoms with Crippen molar-refractivity contribution in [1.29, 1.82) is 0 Å². The number of nitrogens with two attached hydrogens (primary N) is 1. The number of hydrogen-bond donors (Lipinski definition) is 3. The van der Waals surface area contributed by atoms with Crippen LogP contribution in [0.25, 0.3) is 0 Å². The van der Waals surface area contributed by atoms with Gasteiger partial charge in [-0.05, 0) is 130 Å². The first-order valence-corrected chi connectivity index (χ1v) is 15.3. The Bertz CT molecular complexity index is 651. The van der Waals surface area contributed by atoms with Crippen molar-refractivity contribution in [3.63, 3.8) is 0 Å². The van der Waals surface area contributed by atoms with Crippen LogP contribution in [0.3, 0.4) is 0 Å². The number of unbranched alkanes of at least 4 members (excludes halogenated alkanes) is 1. The van der Waals surface area contributed by atoms with E-state index in [4.69, 9.17) is 5.73 Å². The van der Waals surface area contributed by atoms with Crippen LogP contribution in [-0.4, -0.2) is 30.3 Å². The molecule has 4 aliphatic carbocycles. The fourth-order valence-electron chi connectivity index (χ4n) is 10.0. The second-order valence-electron chi connectivity index (χ2n) is 14.2. The molecular formula is C31H58N2O. The molecule has 0 aromatic carbocycles. The van der Waals surface area contributed by atoms with Crippen molar-refractivity contribution >= 4 is 0 Å². The molecule has 0 radical (unpaired) electrons. The molecule has 0 spiro atoms. The van der Waals surface area contributed by atoms with Crippen molar-refractivity contribution in [2.24, 2.45) is 58.0 Å². The molecule has 3 heteroatoms. The SMILES string of the molecule is CC(C)CCC[C@@H](C)[C@H]1CCC2C3C(CC[C@@]21C)[C@@]1(C)CC[C@H](O)C[C@@H]1C[C@@H]3NCCCCN. The van der Waals surface area contributed by atoms with E-state index in [9.17, 15) is 5.11 Å². The lowest BCUT2D eigenvalue weighted by atomic mass is 9.43. The van der Waals surface area contributed by atoms with Crippen molar-refractivity contribution in [2.45, 2.75) is 130 Å². The minimum Gasteiger partial charge on any atom is -0.393 e. The molecule has 0 amide bonds. The minimum atomic E-state index is -0.0658. The zero-order valence-electron chi connectivity index (χ0n) is 23.3. The zero-order chi connectivity index (χ0) is 24.5. The average molecular weight is 475 g/mol. The number of fused-ring (bicyclic) bond motifs is 5. The minimum absolute atomic E-state index is 0.0658. The summed E-state index contributed by atoms with van der Waals surface area (Å²) in [5.41, 5.74) is 6.78. The molecule has 198 valence electrons. The van der Waals surface area contributed by atoms with Gasteiger partial charge in [-0.15, -0.1) is 0 Å². The highest BCUT2D eigenvalue weighted by Gasteiger charge is 2.62. The molecular weight excluding hydrogens is 416 g/mol. The molecule has 3 unspecified atom stereocenters. The molecule has 4 saturated carbocycles. The molecule has 0 aromatic rings. The van der Waals surface area contributed by atoms with Gasteiger partial charge in [0.15, 0.2) is 0 Å². The number of nitrogens with one attached hydrogen (secondary N) is 1. The van der Waals surface area contributed by atoms with Crippen molar-refractivity contribution in [3.05, 3.63) is 0 Å². The Morgan fingerprint density at radius 1 is 0.882 bits per heavy atom. The summed E-state index contributed by atoms with van der Waals surface area (Å²) in [5.74, 6) is 5.90. The molecule has 0 bridgehead atoms. The van der Waals surface area contributed by atoms with Crippen LogP contribution in [0.4, 0.5) is 0 Å². The van der Waals surface area contributed by atoms with Crippen LogP contribution in [0.5, 0.6) is 0 Å². The summed E-state index contributed by atoms with van der Waals surface area (Å²) in [6.45, 7) is 14.6. The van der Waals surface area contributed by atoms with E-state index in [1.54, 1.807) is 0 Å². The number of aliphatic hydroxyl groups excluding tert-OH is 1. The second-order valence-corrected chi connectivity index (χ2v) is 14.2. The summed E-state index contributed by atoms with van der Waals surface area (Å²) in [4.78, 5) is 0. The van der Waals surface area contributed by atoms with E-state index in [0.717, 1.165) is 67.9 Å². The summed E-state index contributed by atoms with van der Waals surface area (Å²) >= 11 is 0. The first kappa shape index (κ1) is 26.9. The van der Waals surface area contributed by atoms with Crippen LogP contribution in [0.2, 0.25) is 0 Å². The maximum Gasteiger partial charge on any atom is 0.0543 e. The first-order chi connectivity index (χ1) is 16.2. The quantitative estimate of drug-likeness (QED) is 0.306. The number of aliphatic hydroxyl groups is 1. The third kappa shape index (κ3) is 5.14. The fourth-order valence-corrected chi connectivity index (χ4v) is 10.0. The molecule has 4 N–H and O–H groups in total. The summed E-state index contributed by atoms with van der Waals surface area (Å²) in [6, 6.07) is 0.644. The van der Waals surface area contributed by atoms with Crippen molar-refractivity contribution < 1.29 is 5.11 Å². The molecule has 4 fully saturated rings. The van der Waals surface area contributed by atoms with E-state index in [1.165, 1.54) is 64.2 Å². The predicted octanol–water partition coefficient (Wildman–Crippen LogP) is 6.78. The van der Waals surface area contributed by atoms with Gasteiger partial charge in [-0.3, -0.25) is 0 Å². The van der Waals surface area contributed by atoms with E-state index >= 15 is 0 Å². The second kappa shape index (κ2) is 11.1. The molecule has 4 aliphatic rings. The summed E-state index contributed by atoms with van der Waals surface area (Å²) < 4.78 is 0.